The van der Waals surface area contributed by atoms with Gasteiger partial charge in [-0.05, 0) is 54.7 Å². The van der Waals surface area contributed by atoms with Crippen LogP contribution in [0.3, 0.4) is 0 Å². The zero-order valence-corrected chi connectivity index (χ0v) is 19.6. The molecule has 1 unspecified atom stereocenters. The standard InChI is InChI=1S/C23H22F3N5O4S/c24-23(25,26)12-5-3-8-14(11-12)31(22(34)19-16(27)17(20(28)32)30-36-19)18(15-9-4-10-35-15)21(33)29-13-6-1-2-7-13/h3-5,8-11,13,18H,1-2,6-7,27H2,(H2,28,32)(H,29,33). The molecule has 13 heteroatoms. The molecule has 0 saturated heterocycles. The van der Waals surface area contributed by atoms with E-state index in [-0.39, 0.29) is 33.7 Å². The number of nitrogens with two attached hydrogens (primary N) is 2. The molecule has 2 aromatic heterocycles. The largest absolute Gasteiger partial charge is 0.467 e. The number of carbonyl (C=O) groups is 3. The van der Waals surface area contributed by atoms with E-state index in [1.165, 1.54) is 24.5 Å². The number of benzene rings is 1. The second-order valence-corrected chi connectivity index (χ2v) is 9.04. The summed E-state index contributed by atoms with van der Waals surface area (Å²) >= 11 is 0.553. The first-order valence-electron chi connectivity index (χ1n) is 11.0. The zero-order chi connectivity index (χ0) is 26.0. The van der Waals surface area contributed by atoms with Gasteiger partial charge in [-0.1, -0.05) is 18.9 Å². The number of alkyl halides is 3. The number of nitrogens with zero attached hydrogens (tertiary/aromatic N) is 2. The molecule has 0 aliphatic heterocycles. The molecule has 3 amide bonds. The van der Waals surface area contributed by atoms with Crippen LogP contribution in [-0.2, 0) is 11.0 Å². The summed E-state index contributed by atoms with van der Waals surface area (Å²) in [5.41, 5.74) is 9.26. The minimum Gasteiger partial charge on any atom is -0.467 e. The second kappa shape index (κ2) is 10.0. The van der Waals surface area contributed by atoms with Gasteiger partial charge >= 0.3 is 6.18 Å². The van der Waals surface area contributed by atoms with Crippen LogP contribution in [0.15, 0.2) is 47.1 Å². The number of amides is 3. The third-order valence-corrected chi connectivity index (χ3v) is 6.70. The van der Waals surface area contributed by atoms with Gasteiger partial charge in [0.2, 0.25) is 0 Å². The van der Waals surface area contributed by atoms with E-state index >= 15 is 0 Å². The lowest BCUT2D eigenvalue weighted by atomic mass is 10.1. The van der Waals surface area contributed by atoms with E-state index in [0.717, 1.165) is 48.8 Å². The number of nitrogen functional groups attached to an aromatic ring is 1. The van der Waals surface area contributed by atoms with Crippen LogP contribution in [0, 0.1) is 0 Å². The van der Waals surface area contributed by atoms with Crippen molar-refractivity contribution in [1.82, 2.24) is 9.69 Å². The Morgan fingerprint density at radius 2 is 1.89 bits per heavy atom. The van der Waals surface area contributed by atoms with Crippen LogP contribution in [0.1, 0.15) is 63.2 Å². The third kappa shape index (κ3) is 5.05. The van der Waals surface area contributed by atoms with Crippen LogP contribution in [0.5, 0.6) is 0 Å². The Bertz CT molecular complexity index is 1270. The molecule has 4 rings (SSSR count). The highest BCUT2D eigenvalue weighted by Gasteiger charge is 2.40. The van der Waals surface area contributed by atoms with Gasteiger partial charge in [-0.2, -0.15) is 17.5 Å². The molecular weight excluding hydrogens is 499 g/mol. The van der Waals surface area contributed by atoms with E-state index in [4.69, 9.17) is 15.9 Å². The molecule has 3 aromatic rings. The quantitative estimate of drug-likeness (QED) is 0.430. The summed E-state index contributed by atoms with van der Waals surface area (Å²) in [5, 5.41) is 2.87. The molecule has 1 aliphatic carbocycles. The normalized spacial score (nSPS) is 15.0. The number of aromatic nitrogens is 1. The molecule has 0 spiro atoms. The molecule has 5 N–H and O–H groups in total. The van der Waals surface area contributed by atoms with Crippen LogP contribution in [0.4, 0.5) is 24.5 Å². The predicted molar refractivity (Wildman–Crippen MR) is 125 cm³/mol. The summed E-state index contributed by atoms with van der Waals surface area (Å²) in [5.74, 6) is -2.54. The lowest BCUT2D eigenvalue weighted by Crippen LogP contribution is -2.46. The highest BCUT2D eigenvalue weighted by atomic mass is 32.1. The summed E-state index contributed by atoms with van der Waals surface area (Å²) in [7, 11) is 0. The molecule has 1 aliphatic rings. The number of nitrogens with one attached hydrogen (secondary N) is 1. The SMILES string of the molecule is NC(=O)c1nsc(C(=O)N(c2cccc(C(F)(F)F)c2)C(C(=O)NC2CCCC2)c2ccco2)c1N. The Balaban J connectivity index is 1.86. The number of hydrogen-bond acceptors (Lipinski definition) is 7. The smallest absolute Gasteiger partial charge is 0.416 e. The number of primary amides is 1. The van der Waals surface area contributed by atoms with E-state index in [1.807, 2.05) is 0 Å². The van der Waals surface area contributed by atoms with Crippen molar-refractivity contribution in [3.05, 3.63) is 64.6 Å². The maximum atomic E-state index is 13.8. The molecule has 0 radical (unpaired) electrons. The number of halogens is 3. The first-order chi connectivity index (χ1) is 17.1. The first kappa shape index (κ1) is 25.2. The van der Waals surface area contributed by atoms with Crippen LogP contribution in [0.25, 0.3) is 0 Å². The van der Waals surface area contributed by atoms with E-state index in [0.29, 0.717) is 11.5 Å². The second-order valence-electron chi connectivity index (χ2n) is 8.27. The van der Waals surface area contributed by atoms with Gasteiger partial charge in [0, 0.05) is 11.7 Å². The summed E-state index contributed by atoms with van der Waals surface area (Å²) in [6.07, 6.45) is -0.123. The zero-order valence-electron chi connectivity index (χ0n) is 18.7. The topological polar surface area (TPSA) is 145 Å². The van der Waals surface area contributed by atoms with E-state index < -0.39 is 35.5 Å². The number of hydrogen-bond donors (Lipinski definition) is 3. The van der Waals surface area contributed by atoms with Gasteiger partial charge in [-0.25, -0.2) is 0 Å². The number of furan rings is 1. The molecule has 9 nitrogen and oxygen atoms in total. The molecule has 0 bridgehead atoms. The Morgan fingerprint density at radius 3 is 2.47 bits per heavy atom. The average molecular weight is 522 g/mol. The Hall–Kier alpha value is -3.87. The third-order valence-electron chi connectivity index (χ3n) is 5.85. The van der Waals surface area contributed by atoms with Crippen LogP contribution >= 0.6 is 11.5 Å². The Morgan fingerprint density at radius 1 is 1.17 bits per heavy atom. The van der Waals surface area contributed by atoms with Gasteiger partial charge in [0.15, 0.2) is 11.7 Å². The first-order valence-corrected chi connectivity index (χ1v) is 11.7. The van der Waals surface area contributed by atoms with Crippen molar-refractivity contribution in [3.8, 4) is 0 Å². The molecule has 1 atom stereocenters. The maximum absolute atomic E-state index is 13.8. The van der Waals surface area contributed by atoms with Gasteiger partial charge in [0.1, 0.15) is 10.6 Å². The minimum absolute atomic E-state index is 0.0227. The molecule has 1 fully saturated rings. The summed E-state index contributed by atoms with van der Waals surface area (Å²) in [4.78, 5) is 39.6. The van der Waals surface area contributed by atoms with Crippen molar-refractivity contribution in [2.24, 2.45) is 5.73 Å². The van der Waals surface area contributed by atoms with Crippen molar-refractivity contribution in [1.29, 1.82) is 0 Å². The van der Waals surface area contributed by atoms with Crippen molar-refractivity contribution in [3.63, 3.8) is 0 Å². The van der Waals surface area contributed by atoms with Crippen LogP contribution in [-0.4, -0.2) is 28.1 Å². The van der Waals surface area contributed by atoms with Gasteiger partial charge in [0.25, 0.3) is 17.7 Å². The van der Waals surface area contributed by atoms with Crippen molar-refractivity contribution >= 4 is 40.6 Å². The fraction of sp³-hybridized carbons (Fsp3) is 0.304. The Kier molecular flexibility index (Phi) is 7.02. The fourth-order valence-corrected chi connectivity index (χ4v) is 4.87. The van der Waals surface area contributed by atoms with Gasteiger partial charge in [-0.15, -0.1) is 0 Å². The van der Waals surface area contributed by atoms with E-state index in [2.05, 4.69) is 9.69 Å². The van der Waals surface area contributed by atoms with Crippen LogP contribution < -0.4 is 21.7 Å². The highest BCUT2D eigenvalue weighted by Crippen LogP contribution is 2.37. The fourth-order valence-electron chi connectivity index (χ4n) is 4.13. The lowest BCUT2D eigenvalue weighted by molar-refractivity contribution is -0.137. The number of carbonyl (C=O) groups excluding carboxylic acids is 3. The molecular formula is C23H22F3N5O4S. The van der Waals surface area contributed by atoms with Crippen LogP contribution in [0.2, 0.25) is 0 Å². The molecule has 1 saturated carbocycles. The summed E-state index contributed by atoms with van der Waals surface area (Å²) in [6.45, 7) is 0. The monoisotopic (exact) mass is 521 g/mol. The van der Waals surface area contributed by atoms with Gasteiger partial charge in [-0.3, -0.25) is 19.3 Å². The van der Waals surface area contributed by atoms with Crippen molar-refractivity contribution < 1.29 is 32.0 Å². The highest BCUT2D eigenvalue weighted by molar-refractivity contribution is 7.09. The molecule has 36 heavy (non-hydrogen) atoms. The predicted octanol–water partition coefficient (Wildman–Crippen LogP) is 3.88. The van der Waals surface area contributed by atoms with Crippen molar-refractivity contribution in [2.45, 2.75) is 43.9 Å². The van der Waals surface area contributed by atoms with E-state index in [1.54, 1.807) is 0 Å². The summed E-state index contributed by atoms with van der Waals surface area (Å²) < 4.78 is 49.9. The van der Waals surface area contributed by atoms with Gasteiger partial charge in [0.05, 0.1) is 17.5 Å². The van der Waals surface area contributed by atoms with E-state index in [9.17, 15) is 27.6 Å². The lowest BCUT2D eigenvalue weighted by Gasteiger charge is -2.31. The van der Waals surface area contributed by atoms with Crippen molar-refractivity contribution in [2.75, 3.05) is 10.6 Å². The number of anilines is 2. The molecule has 2 heterocycles. The van der Waals surface area contributed by atoms with Gasteiger partial charge < -0.3 is 21.2 Å². The maximum Gasteiger partial charge on any atom is 0.416 e. The molecule has 1 aromatic carbocycles. The molecule has 190 valence electrons. The summed E-state index contributed by atoms with van der Waals surface area (Å²) in [6, 6.07) is 5.29. The average Bonchev–Trinajstić information content (AvgIpc) is 3.59. The minimum atomic E-state index is -4.71. The Labute approximate surface area is 207 Å². The number of rotatable bonds is 7.